The lowest BCUT2D eigenvalue weighted by Gasteiger charge is -2.34. The minimum Gasteiger partial charge on any atom is -0.486 e. The summed E-state index contributed by atoms with van der Waals surface area (Å²) in [6.45, 7) is 5.23. The predicted octanol–water partition coefficient (Wildman–Crippen LogP) is 2.14. The molecule has 5 nitrogen and oxygen atoms in total. The van der Waals surface area contributed by atoms with E-state index in [0.717, 1.165) is 60.6 Å². The summed E-state index contributed by atoms with van der Waals surface area (Å²) in [5, 5.41) is 10.6. The summed E-state index contributed by atoms with van der Waals surface area (Å²) < 4.78 is 12.2. The van der Waals surface area contributed by atoms with Gasteiger partial charge in [-0.2, -0.15) is 0 Å². The molecule has 0 saturated carbocycles. The largest absolute Gasteiger partial charge is 0.486 e. The maximum absolute atomic E-state index is 9.61. The zero-order valence-corrected chi connectivity index (χ0v) is 13.4. The van der Waals surface area contributed by atoms with E-state index < -0.39 is 0 Å². The van der Waals surface area contributed by atoms with Gasteiger partial charge in [0.15, 0.2) is 11.5 Å². The van der Waals surface area contributed by atoms with Crippen LogP contribution in [0.5, 0.6) is 11.5 Å². The Morgan fingerprint density at radius 2 is 2.04 bits per heavy atom. The Morgan fingerprint density at radius 3 is 2.87 bits per heavy atom. The van der Waals surface area contributed by atoms with Crippen LogP contribution in [0.15, 0.2) is 24.3 Å². The molecule has 23 heavy (non-hydrogen) atoms. The van der Waals surface area contributed by atoms with Crippen LogP contribution in [0.1, 0.15) is 18.5 Å². The first-order valence-corrected chi connectivity index (χ1v) is 8.29. The summed E-state index contributed by atoms with van der Waals surface area (Å²) in [7, 11) is 0. The molecule has 5 heteroatoms. The molecule has 3 heterocycles. The number of aromatic nitrogens is 1. The normalized spacial score (nSPS) is 22.4. The second kappa shape index (κ2) is 5.98. The van der Waals surface area contributed by atoms with Gasteiger partial charge in [-0.25, -0.2) is 0 Å². The van der Waals surface area contributed by atoms with Crippen molar-refractivity contribution in [2.24, 2.45) is 0 Å². The van der Waals surface area contributed by atoms with E-state index in [9.17, 15) is 5.11 Å². The zero-order chi connectivity index (χ0) is 15.8. The number of nitrogens with zero attached hydrogens (tertiary/aromatic N) is 2. The molecule has 2 aromatic rings. The molecule has 0 unspecified atom stereocenters. The number of rotatable bonds is 2. The summed E-state index contributed by atoms with van der Waals surface area (Å²) >= 11 is 0. The highest BCUT2D eigenvalue weighted by Gasteiger charge is 2.27. The number of aryl methyl sites for hydroxylation is 1. The van der Waals surface area contributed by atoms with Crippen molar-refractivity contribution in [3.8, 4) is 11.5 Å². The van der Waals surface area contributed by atoms with Crippen LogP contribution in [0, 0.1) is 6.92 Å². The lowest BCUT2D eigenvalue weighted by Crippen LogP contribution is -2.45. The maximum Gasteiger partial charge on any atom is 0.171 e. The van der Waals surface area contributed by atoms with Gasteiger partial charge >= 0.3 is 0 Å². The molecule has 1 N–H and O–H groups in total. The van der Waals surface area contributed by atoms with Crippen LogP contribution in [0.2, 0.25) is 0 Å². The van der Waals surface area contributed by atoms with Gasteiger partial charge in [-0.15, -0.1) is 0 Å². The Bertz CT molecular complexity index is 711. The molecule has 4 rings (SSSR count). The second-order valence-corrected chi connectivity index (χ2v) is 6.49. The van der Waals surface area contributed by atoms with Gasteiger partial charge in [-0.3, -0.25) is 9.88 Å². The van der Waals surface area contributed by atoms with Crippen molar-refractivity contribution in [1.82, 2.24) is 9.88 Å². The third-order valence-electron chi connectivity index (χ3n) is 4.65. The summed E-state index contributed by atoms with van der Waals surface area (Å²) in [5.74, 6) is 1.61. The first kappa shape index (κ1) is 14.7. The van der Waals surface area contributed by atoms with Crippen molar-refractivity contribution in [3.05, 3.63) is 30.0 Å². The van der Waals surface area contributed by atoms with E-state index in [-0.39, 0.29) is 12.2 Å². The topological polar surface area (TPSA) is 54.8 Å². The van der Waals surface area contributed by atoms with Gasteiger partial charge in [0.1, 0.15) is 12.7 Å². The molecule has 0 aliphatic carbocycles. The van der Waals surface area contributed by atoms with Gasteiger partial charge in [0, 0.05) is 30.7 Å². The summed E-state index contributed by atoms with van der Waals surface area (Å²) in [4.78, 5) is 6.91. The van der Waals surface area contributed by atoms with Crippen LogP contribution < -0.4 is 9.47 Å². The Balaban J connectivity index is 1.54. The van der Waals surface area contributed by atoms with Crippen LogP contribution in [0.4, 0.5) is 0 Å². The quantitative estimate of drug-likeness (QED) is 0.920. The second-order valence-electron chi connectivity index (χ2n) is 6.49. The van der Waals surface area contributed by atoms with Gasteiger partial charge in [-0.1, -0.05) is 0 Å². The van der Waals surface area contributed by atoms with Crippen molar-refractivity contribution in [1.29, 1.82) is 0 Å². The highest BCUT2D eigenvalue weighted by molar-refractivity contribution is 5.88. The smallest absolute Gasteiger partial charge is 0.171 e. The van der Waals surface area contributed by atoms with E-state index in [1.165, 1.54) is 0 Å². The first-order valence-electron chi connectivity index (χ1n) is 8.29. The lowest BCUT2D eigenvalue weighted by molar-refractivity contribution is 0.0310. The van der Waals surface area contributed by atoms with Gasteiger partial charge < -0.3 is 14.6 Å². The molecule has 0 bridgehead atoms. The molecule has 2 aliphatic heterocycles. The third-order valence-corrected chi connectivity index (χ3v) is 4.65. The average Bonchev–Trinajstić information content (AvgIpc) is 2.56. The van der Waals surface area contributed by atoms with Gasteiger partial charge in [0.2, 0.25) is 0 Å². The number of fused-ring (bicyclic) bond motifs is 3. The molecule has 2 aliphatic rings. The van der Waals surface area contributed by atoms with Crippen molar-refractivity contribution in [3.63, 3.8) is 0 Å². The standard InChI is InChI=1S/C18H22N2O3/c1-12-2-3-15-16(19-12)4-5-17-18(15)23-14(11-22-17)10-20-8-6-13(21)7-9-20/h2-5,13-14,21H,6-11H2,1H3/t14-/m0/s1. The highest BCUT2D eigenvalue weighted by atomic mass is 16.6. The fourth-order valence-corrected chi connectivity index (χ4v) is 3.36. The molecular weight excluding hydrogens is 292 g/mol. The summed E-state index contributed by atoms with van der Waals surface area (Å²) in [6.07, 6.45) is 1.56. The van der Waals surface area contributed by atoms with Crippen molar-refractivity contribution in [2.45, 2.75) is 32.0 Å². The Kier molecular flexibility index (Phi) is 3.83. The highest BCUT2D eigenvalue weighted by Crippen LogP contribution is 2.38. The number of hydrogen-bond donors (Lipinski definition) is 1. The number of aliphatic hydroxyl groups is 1. The molecule has 1 aromatic heterocycles. The van der Waals surface area contributed by atoms with Crippen molar-refractivity contribution >= 4 is 10.9 Å². The minimum atomic E-state index is -0.145. The van der Waals surface area contributed by atoms with Crippen LogP contribution in [0.3, 0.4) is 0 Å². The molecule has 1 aromatic carbocycles. The Morgan fingerprint density at radius 1 is 1.22 bits per heavy atom. The SMILES string of the molecule is Cc1ccc2c3c(ccc2n1)OC[C@H](CN1CCC(O)CC1)O3. The first-order chi connectivity index (χ1) is 11.2. The fraction of sp³-hybridized carbons (Fsp3) is 0.500. The number of pyridine rings is 1. The van der Waals surface area contributed by atoms with Gasteiger partial charge in [0.05, 0.1) is 11.6 Å². The molecule has 1 saturated heterocycles. The number of likely N-dealkylation sites (tertiary alicyclic amines) is 1. The van der Waals surface area contributed by atoms with Gasteiger partial charge in [0.25, 0.3) is 0 Å². The summed E-state index contributed by atoms with van der Waals surface area (Å²) in [5.41, 5.74) is 1.94. The Labute approximate surface area is 135 Å². The van der Waals surface area contributed by atoms with E-state index in [1.807, 2.05) is 25.1 Å². The van der Waals surface area contributed by atoms with Crippen molar-refractivity contribution in [2.75, 3.05) is 26.2 Å². The minimum absolute atomic E-state index is 0.0182. The Hall–Kier alpha value is -1.85. The number of hydrogen-bond acceptors (Lipinski definition) is 5. The molecule has 0 spiro atoms. The van der Waals surface area contributed by atoms with Crippen molar-refractivity contribution < 1.29 is 14.6 Å². The van der Waals surface area contributed by atoms with Crippen LogP contribution in [-0.4, -0.2) is 53.4 Å². The predicted molar refractivity (Wildman–Crippen MR) is 88.1 cm³/mol. The van der Waals surface area contributed by atoms with Gasteiger partial charge in [-0.05, 0) is 44.0 Å². The number of benzene rings is 1. The van der Waals surface area contributed by atoms with Crippen LogP contribution in [-0.2, 0) is 0 Å². The van der Waals surface area contributed by atoms with E-state index in [0.29, 0.717) is 6.61 Å². The molecule has 0 radical (unpaired) electrons. The molecule has 122 valence electrons. The fourth-order valence-electron chi connectivity index (χ4n) is 3.36. The number of piperidine rings is 1. The molecule has 1 fully saturated rings. The lowest BCUT2D eigenvalue weighted by atomic mass is 10.1. The average molecular weight is 314 g/mol. The molecular formula is C18H22N2O3. The molecule has 0 amide bonds. The van der Waals surface area contributed by atoms with E-state index >= 15 is 0 Å². The molecule has 1 atom stereocenters. The van der Waals surface area contributed by atoms with E-state index in [1.54, 1.807) is 0 Å². The van der Waals surface area contributed by atoms with E-state index in [2.05, 4.69) is 16.0 Å². The number of ether oxygens (including phenoxy) is 2. The van der Waals surface area contributed by atoms with E-state index in [4.69, 9.17) is 9.47 Å². The summed E-state index contributed by atoms with van der Waals surface area (Å²) in [6, 6.07) is 7.98. The van der Waals surface area contributed by atoms with Crippen LogP contribution >= 0.6 is 0 Å². The maximum atomic E-state index is 9.61. The number of aliphatic hydroxyl groups excluding tert-OH is 1. The monoisotopic (exact) mass is 314 g/mol. The third kappa shape index (κ3) is 2.99. The van der Waals surface area contributed by atoms with Crippen LogP contribution in [0.25, 0.3) is 10.9 Å². The zero-order valence-electron chi connectivity index (χ0n) is 13.4.